The topological polar surface area (TPSA) is 87.3 Å². The molecular formula is C22H30N4O3. The van der Waals surface area contributed by atoms with E-state index in [1.165, 1.54) is 5.56 Å². The van der Waals surface area contributed by atoms with Crippen LogP contribution in [0.5, 0.6) is 0 Å². The first-order valence-electron chi connectivity index (χ1n) is 10.3. The average molecular weight is 399 g/mol. The molecule has 1 aliphatic heterocycles. The molecule has 1 saturated heterocycles. The normalized spacial score (nSPS) is 15.2. The van der Waals surface area contributed by atoms with Gasteiger partial charge in [0.15, 0.2) is 0 Å². The van der Waals surface area contributed by atoms with Crippen LogP contribution in [0.2, 0.25) is 0 Å². The zero-order valence-corrected chi connectivity index (χ0v) is 17.5. The maximum atomic E-state index is 12.5. The van der Waals surface area contributed by atoms with Gasteiger partial charge in [-0.3, -0.25) is 14.6 Å². The Morgan fingerprint density at radius 2 is 1.97 bits per heavy atom. The first-order valence-corrected chi connectivity index (χ1v) is 10.3. The summed E-state index contributed by atoms with van der Waals surface area (Å²) in [4.78, 5) is 34.3. The van der Waals surface area contributed by atoms with Gasteiger partial charge in [0.05, 0.1) is 13.2 Å². The molecule has 7 nitrogen and oxygen atoms in total. The summed E-state index contributed by atoms with van der Waals surface area (Å²) in [6, 6.07) is 7.95. The molecular weight excluding hydrogens is 368 g/mol. The molecule has 1 unspecified atom stereocenters. The van der Waals surface area contributed by atoms with Crippen molar-refractivity contribution < 1.29 is 9.53 Å². The fraction of sp³-hybridized carbons (Fsp3) is 0.500. The molecule has 29 heavy (non-hydrogen) atoms. The first-order chi connectivity index (χ1) is 14.0. The summed E-state index contributed by atoms with van der Waals surface area (Å²) in [6.45, 7) is 8.84. The minimum absolute atomic E-state index is 0.114. The van der Waals surface area contributed by atoms with Crippen LogP contribution in [0.15, 0.2) is 29.1 Å². The minimum Gasteiger partial charge on any atom is -0.378 e. The Kier molecular flexibility index (Phi) is 7.04. The Hall–Kier alpha value is -2.67. The second-order valence-electron chi connectivity index (χ2n) is 7.53. The van der Waals surface area contributed by atoms with Gasteiger partial charge in [-0.2, -0.15) is 0 Å². The molecule has 2 aromatic rings. The number of amides is 1. The lowest BCUT2D eigenvalue weighted by Gasteiger charge is -2.27. The third-order valence-corrected chi connectivity index (χ3v) is 5.50. The molecule has 0 bridgehead atoms. The van der Waals surface area contributed by atoms with Gasteiger partial charge in [-0.25, -0.2) is 4.98 Å². The summed E-state index contributed by atoms with van der Waals surface area (Å²) in [6.07, 6.45) is 1.67. The number of hydrogen-bond donors (Lipinski definition) is 2. The van der Waals surface area contributed by atoms with Crippen LogP contribution in [-0.4, -0.2) is 42.2 Å². The number of morpholine rings is 1. The number of aromatic nitrogens is 2. The molecule has 2 N–H and O–H groups in total. The maximum absolute atomic E-state index is 12.5. The number of aromatic amines is 1. The number of carbonyl (C=O) groups is 1. The van der Waals surface area contributed by atoms with E-state index in [9.17, 15) is 9.59 Å². The van der Waals surface area contributed by atoms with Crippen LogP contribution in [0.1, 0.15) is 49.4 Å². The van der Waals surface area contributed by atoms with Gasteiger partial charge >= 0.3 is 0 Å². The molecule has 7 heteroatoms. The zero-order valence-electron chi connectivity index (χ0n) is 17.5. The number of nitrogens with zero attached hydrogens (tertiary/aromatic N) is 2. The van der Waals surface area contributed by atoms with E-state index < -0.39 is 0 Å². The number of hydrogen-bond acceptors (Lipinski definition) is 5. The summed E-state index contributed by atoms with van der Waals surface area (Å²) in [5, 5.41) is 2.90. The van der Waals surface area contributed by atoms with Crippen LogP contribution in [0.25, 0.3) is 0 Å². The van der Waals surface area contributed by atoms with Gasteiger partial charge in [0.1, 0.15) is 0 Å². The van der Waals surface area contributed by atoms with Crippen LogP contribution in [0, 0.1) is 6.92 Å². The summed E-state index contributed by atoms with van der Waals surface area (Å²) >= 11 is 0. The van der Waals surface area contributed by atoms with E-state index in [1.807, 2.05) is 36.1 Å². The zero-order chi connectivity index (χ0) is 20.8. The molecule has 3 rings (SSSR count). The Bertz CT molecular complexity index is 886. The maximum Gasteiger partial charge on any atom is 0.255 e. The molecule has 1 fully saturated rings. The number of carbonyl (C=O) groups excluding carboxylic acids is 1. The molecule has 0 spiro atoms. The number of H-pyrrole nitrogens is 1. The van der Waals surface area contributed by atoms with Crippen molar-refractivity contribution in [1.82, 2.24) is 9.97 Å². The number of aryl methyl sites for hydroxylation is 1. The highest BCUT2D eigenvalue weighted by Crippen LogP contribution is 2.20. The van der Waals surface area contributed by atoms with E-state index in [-0.39, 0.29) is 17.9 Å². The fourth-order valence-electron chi connectivity index (χ4n) is 3.41. The van der Waals surface area contributed by atoms with Crippen molar-refractivity contribution in [3.05, 3.63) is 51.4 Å². The van der Waals surface area contributed by atoms with E-state index in [4.69, 9.17) is 4.74 Å². The number of ether oxygens (including phenoxy) is 1. The Balaban J connectivity index is 1.59. The van der Waals surface area contributed by atoms with E-state index in [0.717, 1.165) is 12.1 Å². The monoisotopic (exact) mass is 398 g/mol. The first kappa shape index (κ1) is 21.0. The van der Waals surface area contributed by atoms with Gasteiger partial charge in [-0.15, -0.1) is 0 Å². The molecule has 2 heterocycles. The lowest BCUT2D eigenvalue weighted by molar-refractivity contribution is -0.116. The average Bonchev–Trinajstić information content (AvgIpc) is 2.73. The van der Waals surface area contributed by atoms with Gasteiger partial charge in [-0.05, 0) is 43.4 Å². The van der Waals surface area contributed by atoms with Crippen LogP contribution >= 0.6 is 0 Å². The van der Waals surface area contributed by atoms with E-state index in [2.05, 4.69) is 29.1 Å². The van der Waals surface area contributed by atoms with Crippen LogP contribution in [0.4, 0.5) is 11.6 Å². The highest BCUT2D eigenvalue weighted by atomic mass is 16.5. The summed E-state index contributed by atoms with van der Waals surface area (Å²) in [5.41, 5.74) is 3.09. The summed E-state index contributed by atoms with van der Waals surface area (Å²) < 4.78 is 5.34. The van der Waals surface area contributed by atoms with Gasteiger partial charge in [-0.1, -0.05) is 26.0 Å². The molecule has 1 aliphatic rings. The van der Waals surface area contributed by atoms with Crippen molar-refractivity contribution in [2.75, 3.05) is 36.5 Å². The molecule has 156 valence electrons. The van der Waals surface area contributed by atoms with E-state index in [1.54, 1.807) is 0 Å². The molecule has 1 aromatic carbocycles. The predicted molar refractivity (Wildman–Crippen MR) is 115 cm³/mol. The fourth-order valence-corrected chi connectivity index (χ4v) is 3.41. The van der Waals surface area contributed by atoms with Crippen LogP contribution in [0.3, 0.4) is 0 Å². The van der Waals surface area contributed by atoms with Crippen molar-refractivity contribution in [1.29, 1.82) is 0 Å². The van der Waals surface area contributed by atoms with E-state index >= 15 is 0 Å². The SMILES string of the molecule is CCC(C)c1ccc(NC(=O)CCc2c(C)nc(N3CCOCC3)[nH]c2=O)cc1. The summed E-state index contributed by atoms with van der Waals surface area (Å²) in [5.74, 6) is 0.963. The number of nitrogens with one attached hydrogen (secondary N) is 2. The third-order valence-electron chi connectivity index (χ3n) is 5.50. The Labute approximate surface area is 171 Å². The second-order valence-corrected chi connectivity index (χ2v) is 7.53. The lowest BCUT2D eigenvalue weighted by atomic mass is 9.98. The van der Waals surface area contributed by atoms with Crippen LogP contribution < -0.4 is 15.8 Å². The van der Waals surface area contributed by atoms with E-state index in [0.29, 0.717) is 55.8 Å². The number of benzene rings is 1. The smallest absolute Gasteiger partial charge is 0.255 e. The molecule has 0 aliphatic carbocycles. The molecule has 1 amide bonds. The Morgan fingerprint density at radius 3 is 2.59 bits per heavy atom. The van der Waals surface area contributed by atoms with Gasteiger partial charge in [0.25, 0.3) is 5.56 Å². The largest absolute Gasteiger partial charge is 0.378 e. The number of anilines is 2. The van der Waals surface area contributed by atoms with Gasteiger partial charge in [0.2, 0.25) is 11.9 Å². The highest BCUT2D eigenvalue weighted by molar-refractivity contribution is 5.90. The van der Waals surface area contributed by atoms with Crippen molar-refractivity contribution >= 4 is 17.5 Å². The molecule has 0 radical (unpaired) electrons. The molecule has 0 saturated carbocycles. The van der Waals surface area contributed by atoms with Crippen LogP contribution in [-0.2, 0) is 16.0 Å². The quantitative estimate of drug-likeness (QED) is 0.749. The Morgan fingerprint density at radius 1 is 1.28 bits per heavy atom. The van der Waals surface area contributed by atoms with Crippen molar-refractivity contribution in [2.45, 2.75) is 46.0 Å². The minimum atomic E-state index is -0.176. The van der Waals surface area contributed by atoms with Crippen molar-refractivity contribution in [2.24, 2.45) is 0 Å². The lowest BCUT2D eigenvalue weighted by Crippen LogP contribution is -2.38. The molecule has 1 atom stereocenters. The highest BCUT2D eigenvalue weighted by Gasteiger charge is 2.17. The van der Waals surface area contributed by atoms with Crippen molar-refractivity contribution in [3.8, 4) is 0 Å². The van der Waals surface area contributed by atoms with Gasteiger partial charge in [0, 0.05) is 36.5 Å². The summed E-state index contributed by atoms with van der Waals surface area (Å²) in [7, 11) is 0. The second kappa shape index (κ2) is 9.69. The third kappa shape index (κ3) is 5.44. The number of rotatable bonds is 7. The standard InChI is InChI=1S/C22H30N4O3/c1-4-15(2)17-5-7-18(8-6-17)24-20(27)10-9-19-16(3)23-22(25-21(19)28)26-11-13-29-14-12-26/h5-8,15H,4,9-14H2,1-3H3,(H,24,27)(H,23,25,28). The van der Waals surface area contributed by atoms with Gasteiger partial charge < -0.3 is 15.0 Å². The predicted octanol–water partition coefficient (Wildman–Crippen LogP) is 3.00. The van der Waals surface area contributed by atoms with Crippen molar-refractivity contribution in [3.63, 3.8) is 0 Å². The molecule has 1 aromatic heterocycles.